The van der Waals surface area contributed by atoms with E-state index < -0.39 is 15.6 Å². The molecule has 0 spiro atoms. The molecule has 1 aromatic heterocycles. The lowest BCUT2D eigenvalue weighted by Gasteiger charge is -2.21. The van der Waals surface area contributed by atoms with Crippen molar-refractivity contribution in [2.45, 2.75) is 64.6 Å². The summed E-state index contributed by atoms with van der Waals surface area (Å²) in [6.07, 6.45) is 2.54. The smallest absolute Gasteiger partial charge is 0.241 e. The monoisotopic (exact) mass is 435 g/mol. The third-order valence-electron chi connectivity index (χ3n) is 4.11. The van der Waals surface area contributed by atoms with E-state index in [9.17, 15) is 8.42 Å². The molecule has 0 atom stereocenters. The van der Waals surface area contributed by atoms with E-state index in [-0.39, 0.29) is 11.4 Å². The Labute approximate surface area is 179 Å². The first-order valence-corrected chi connectivity index (χ1v) is 11.7. The lowest BCUT2D eigenvalue weighted by molar-refractivity contribution is 0.491. The Bertz CT molecular complexity index is 946. The highest BCUT2D eigenvalue weighted by molar-refractivity contribution is 7.89. The van der Waals surface area contributed by atoms with Crippen molar-refractivity contribution in [3.8, 4) is 0 Å². The normalized spacial score (nSPS) is 12.8. The van der Waals surface area contributed by atoms with Crippen LogP contribution in [0.15, 0.2) is 40.5 Å². The molecule has 0 bridgehead atoms. The number of aryl methyl sites for hydroxylation is 1. The molecule has 9 nitrogen and oxygen atoms in total. The Morgan fingerprint density at radius 1 is 1.17 bits per heavy atom. The van der Waals surface area contributed by atoms with Crippen LogP contribution in [0.1, 0.15) is 46.0 Å². The van der Waals surface area contributed by atoms with E-state index in [0.717, 1.165) is 12.2 Å². The molecule has 0 fully saturated rings. The van der Waals surface area contributed by atoms with Crippen LogP contribution < -0.4 is 15.4 Å². The molecule has 2 aromatic rings. The van der Waals surface area contributed by atoms with Crippen molar-refractivity contribution in [1.82, 2.24) is 30.1 Å². The number of guanidine groups is 1. The number of hydrogen-bond acceptors (Lipinski definition) is 5. The fraction of sp³-hybridized carbons (Fsp3) is 0.550. The highest BCUT2D eigenvalue weighted by Gasteiger charge is 2.24. The second-order valence-corrected chi connectivity index (χ2v) is 9.53. The van der Waals surface area contributed by atoms with Crippen LogP contribution in [0.4, 0.5) is 0 Å². The standard InChI is InChI=1S/C20H33N7O2S/c1-6-18-25-24-15-27(18)13-12-22-19(21-7-2)23-14-16-10-8-9-11-17(16)30(28,29)26-20(3,4)5/h8-11,15,26H,6-7,12-14H2,1-5H3,(H2,21,22,23). The Balaban J connectivity index is 2.11. The van der Waals surface area contributed by atoms with Crippen LogP contribution in [0.5, 0.6) is 0 Å². The summed E-state index contributed by atoms with van der Waals surface area (Å²) < 4.78 is 30.3. The first-order valence-electron chi connectivity index (χ1n) is 10.2. The topological polar surface area (TPSA) is 113 Å². The minimum atomic E-state index is -3.64. The zero-order valence-corrected chi connectivity index (χ0v) is 19.3. The van der Waals surface area contributed by atoms with E-state index in [1.165, 1.54) is 0 Å². The highest BCUT2D eigenvalue weighted by Crippen LogP contribution is 2.18. The van der Waals surface area contributed by atoms with Crippen molar-refractivity contribution in [2.75, 3.05) is 13.1 Å². The molecule has 0 aliphatic heterocycles. The Kier molecular flexibility index (Phi) is 8.36. The number of aromatic nitrogens is 3. The van der Waals surface area contributed by atoms with Crippen LogP contribution in [0.25, 0.3) is 0 Å². The van der Waals surface area contributed by atoms with E-state index >= 15 is 0 Å². The predicted octanol–water partition coefficient (Wildman–Crippen LogP) is 1.67. The molecule has 1 aromatic carbocycles. The van der Waals surface area contributed by atoms with E-state index in [1.807, 2.05) is 45.3 Å². The van der Waals surface area contributed by atoms with E-state index in [0.29, 0.717) is 31.2 Å². The quantitative estimate of drug-likeness (QED) is 0.408. The maximum Gasteiger partial charge on any atom is 0.241 e. The average Bonchev–Trinajstić information content (AvgIpc) is 3.12. The number of aliphatic imine (C=N–C) groups is 1. The van der Waals surface area contributed by atoms with Gasteiger partial charge in [0, 0.05) is 31.6 Å². The summed E-state index contributed by atoms with van der Waals surface area (Å²) in [5.74, 6) is 1.56. The van der Waals surface area contributed by atoms with E-state index in [1.54, 1.807) is 24.5 Å². The number of hydrogen-bond donors (Lipinski definition) is 3. The molecule has 0 saturated carbocycles. The van der Waals surface area contributed by atoms with Crippen LogP contribution >= 0.6 is 0 Å². The molecule has 3 N–H and O–H groups in total. The first-order chi connectivity index (χ1) is 14.2. The van der Waals surface area contributed by atoms with Crippen LogP contribution in [0.3, 0.4) is 0 Å². The van der Waals surface area contributed by atoms with Gasteiger partial charge in [-0.15, -0.1) is 10.2 Å². The van der Waals surface area contributed by atoms with Gasteiger partial charge >= 0.3 is 0 Å². The van der Waals surface area contributed by atoms with E-state index in [2.05, 4.69) is 30.5 Å². The summed E-state index contributed by atoms with van der Waals surface area (Å²) in [6, 6.07) is 6.94. The summed E-state index contributed by atoms with van der Waals surface area (Å²) >= 11 is 0. The third kappa shape index (κ3) is 7.10. The highest BCUT2D eigenvalue weighted by atomic mass is 32.2. The number of sulfonamides is 1. The molecule has 0 amide bonds. The molecular formula is C20H33N7O2S. The molecule has 0 unspecified atom stereocenters. The van der Waals surface area contributed by atoms with E-state index in [4.69, 9.17) is 0 Å². The molecule has 166 valence electrons. The molecule has 0 radical (unpaired) electrons. The summed E-state index contributed by atoms with van der Waals surface area (Å²) in [5.41, 5.74) is 0.0733. The number of benzene rings is 1. The molecule has 10 heteroatoms. The summed E-state index contributed by atoms with van der Waals surface area (Å²) in [6.45, 7) is 11.8. The SMILES string of the molecule is CCNC(=NCc1ccccc1S(=O)(=O)NC(C)(C)C)NCCn1cnnc1CC. The van der Waals surface area contributed by atoms with Crippen molar-refractivity contribution in [2.24, 2.45) is 4.99 Å². The van der Waals surface area contributed by atoms with Crippen molar-refractivity contribution in [3.63, 3.8) is 0 Å². The first kappa shape index (κ1) is 23.8. The molecule has 0 aliphatic carbocycles. The van der Waals surface area contributed by atoms with Gasteiger partial charge in [0.15, 0.2) is 5.96 Å². The fourth-order valence-electron chi connectivity index (χ4n) is 2.89. The lowest BCUT2D eigenvalue weighted by atomic mass is 10.1. The molecule has 30 heavy (non-hydrogen) atoms. The van der Waals surface area contributed by atoms with Crippen LogP contribution in [-0.2, 0) is 29.5 Å². The number of rotatable bonds is 9. The second kappa shape index (κ2) is 10.5. The largest absolute Gasteiger partial charge is 0.357 e. The van der Waals surface area contributed by atoms with Gasteiger partial charge in [0.25, 0.3) is 0 Å². The Morgan fingerprint density at radius 3 is 2.57 bits per heavy atom. The van der Waals surface area contributed by atoms with Crippen molar-refractivity contribution in [1.29, 1.82) is 0 Å². The second-order valence-electron chi connectivity index (χ2n) is 7.88. The van der Waals surface area contributed by atoms with Gasteiger partial charge in [-0.05, 0) is 39.3 Å². The zero-order chi connectivity index (χ0) is 22.2. The van der Waals surface area contributed by atoms with Gasteiger partial charge in [0.05, 0.1) is 11.4 Å². The van der Waals surface area contributed by atoms with Crippen molar-refractivity contribution < 1.29 is 8.42 Å². The number of nitrogens with one attached hydrogen (secondary N) is 3. The molecule has 1 heterocycles. The van der Waals surface area contributed by atoms with Gasteiger partial charge in [0.1, 0.15) is 12.2 Å². The van der Waals surface area contributed by atoms with Gasteiger partial charge in [-0.1, -0.05) is 25.1 Å². The maximum absolute atomic E-state index is 12.8. The summed E-state index contributed by atoms with van der Waals surface area (Å²) in [5, 5.41) is 14.5. The minimum Gasteiger partial charge on any atom is -0.357 e. The predicted molar refractivity (Wildman–Crippen MR) is 119 cm³/mol. The third-order valence-corrected chi connectivity index (χ3v) is 5.97. The lowest BCUT2D eigenvalue weighted by Crippen LogP contribution is -2.41. The van der Waals surface area contributed by atoms with Gasteiger partial charge < -0.3 is 15.2 Å². The van der Waals surface area contributed by atoms with Gasteiger partial charge in [-0.2, -0.15) is 0 Å². The zero-order valence-electron chi connectivity index (χ0n) is 18.4. The molecule has 0 saturated heterocycles. The average molecular weight is 436 g/mol. The Hall–Kier alpha value is -2.46. The molecule has 0 aliphatic rings. The van der Waals surface area contributed by atoms with Crippen LogP contribution in [0.2, 0.25) is 0 Å². The van der Waals surface area contributed by atoms with Gasteiger partial charge in [0.2, 0.25) is 10.0 Å². The van der Waals surface area contributed by atoms with Crippen molar-refractivity contribution >= 4 is 16.0 Å². The maximum atomic E-state index is 12.8. The molecular weight excluding hydrogens is 402 g/mol. The summed E-state index contributed by atoms with van der Waals surface area (Å²) in [4.78, 5) is 4.82. The van der Waals surface area contributed by atoms with Crippen LogP contribution in [0, 0.1) is 0 Å². The van der Waals surface area contributed by atoms with Gasteiger partial charge in [-0.3, -0.25) is 0 Å². The number of nitrogens with zero attached hydrogens (tertiary/aromatic N) is 4. The summed E-state index contributed by atoms with van der Waals surface area (Å²) in [7, 11) is -3.64. The fourth-order valence-corrected chi connectivity index (χ4v) is 4.55. The van der Waals surface area contributed by atoms with Crippen molar-refractivity contribution in [3.05, 3.63) is 42.0 Å². The minimum absolute atomic E-state index is 0.239. The van der Waals surface area contributed by atoms with Crippen LogP contribution in [-0.4, -0.2) is 47.8 Å². The molecule has 2 rings (SSSR count). The van der Waals surface area contributed by atoms with Gasteiger partial charge in [-0.25, -0.2) is 18.1 Å². The Morgan fingerprint density at radius 2 is 1.90 bits per heavy atom.